The lowest BCUT2D eigenvalue weighted by Crippen LogP contribution is -2.25. The van der Waals surface area contributed by atoms with Crippen molar-refractivity contribution < 1.29 is 14.3 Å². The average molecular weight is 304 g/mol. The molecule has 1 aromatic heterocycles. The third-order valence-electron chi connectivity index (χ3n) is 2.66. The normalized spacial score (nSPS) is 11.0. The molecule has 0 aliphatic rings. The van der Waals surface area contributed by atoms with Crippen LogP contribution in [0.1, 0.15) is 11.8 Å². The van der Waals surface area contributed by atoms with E-state index in [9.17, 15) is 4.79 Å². The Morgan fingerprint density at radius 1 is 1.24 bits per heavy atom. The summed E-state index contributed by atoms with van der Waals surface area (Å²) in [5.41, 5.74) is 3.24. The number of methoxy groups -OCH3 is 1. The van der Waals surface area contributed by atoms with Gasteiger partial charge in [0.15, 0.2) is 6.61 Å². The number of nitrogens with one attached hydrogen (secondary N) is 1. The number of carbonyl (C=O) groups is 1. The molecule has 2 rings (SSSR count). The van der Waals surface area contributed by atoms with Gasteiger partial charge in [-0.1, -0.05) is 6.07 Å². The number of ether oxygens (including phenoxy) is 2. The van der Waals surface area contributed by atoms with E-state index in [2.05, 4.69) is 10.5 Å². The smallest absolute Gasteiger partial charge is 0.277 e. The first kappa shape index (κ1) is 15.1. The Balaban J connectivity index is 1.80. The first-order valence-electron chi connectivity index (χ1n) is 6.33. The molecule has 0 spiro atoms. The van der Waals surface area contributed by atoms with E-state index in [1.807, 2.05) is 24.4 Å². The highest BCUT2D eigenvalue weighted by molar-refractivity contribution is 7.12. The second-order valence-electron chi connectivity index (χ2n) is 4.17. The van der Waals surface area contributed by atoms with Crippen molar-refractivity contribution >= 4 is 23.0 Å². The summed E-state index contributed by atoms with van der Waals surface area (Å²) < 4.78 is 10.4. The molecule has 0 atom stereocenters. The summed E-state index contributed by atoms with van der Waals surface area (Å²) in [7, 11) is 1.59. The molecular weight excluding hydrogens is 288 g/mol. The SMILES string of the molecule is COc1ccc(OCC(=O)N/N=C(\C)c2cccs2)cc1. The Bertz CT molecular complexity index is 606. The van der Waals surface area contributed by atoms with E-state index in [0.29, 0.717) is 5.75 Å². The molecule has 0 saturated heterocycles. The van der Waals surface area contributed by atoms with Gasteiger partial charge in [-0.15, -0.1) is 11.3 Å². The van der Waals surface area contributed by atoms with Crippen LogP contribution in [0.25, 0.3) is 0 Å². The third kappa shape index (κ3) is 4.61. The molecule has 1 amide bonds. The molecule has 1 aromatic carbocycles. The fraction of sp³-hybridized carbons (Fsp3) is 0.200. The van der Waals surface area contributed by atoms with E-state index in [1.54, 1.807) is 42.7 Å². The first-order valence-corrected chi connectivity index (χ1v) is 7.21. The van der Waals surface area contributed by atoms with Crippen molar-refractivity contribution in [2.45, 2.75) is 6.92 Å². The Kier molecular flexibility index (Phi) is 5.34. The van der Waals surface area contributed by atoms with Crippen LogP contribution in [0.5, 0.6) is 11.5 Å². The van der Waals surface area contributed by atoms with Gasteiger partial charge >= 0.3 is 0 Å². The molecule has 2 aromatic rings. The van der Waals surface area contributed by atoms with Crippen molar-refractivity contribution in [2.75, 3.05) is 13.7 Å². The summed E-state index contributed by atoms with van der Waals surface area (Å²) in [5.74, 6) is 1.04. The topological polar surface area (TPSA) is 59.9 Å². The van der Waals surface area contributed by atoms with E-state index in [0.717, 1.165) is 16.3 Å². The van der Waals surface area contributed by atoms with Crippen molar-refractivity contribution in [1.29, 1.82) is 0 Å². The van der Waals surface area contributed by atoms with E-state index < -0.39 is 0 Å². The van der Waals surface area contributed by atoms with Crippen LogP contribution < -0.4 is 14.9 Å². The van der Waals surface area contributed by atoms with Crippen LogP contribution in [-0.4, -0.2) is 25.3 Å². The molecule has 1 N–H and O–H groups in total. The number of hydrogen-bond acceptors (Lipinski definition) is 5. The Morgan fingerprint density at radius 2 is 1.95 bits per heavy atom. The number of thiophene rings is 1. The molecule has 0 bridgehead atoms. The largest absolute Gasteiger partial charge is 0.497 e. The number of hydrazone groups is 1. The summed E-state index contributed by atoms with van der Waals surface area (Å²) in [5, 5.41) is 6.00. The van der Waals surface area contributed by atoms with Crippen LogP contribution in [0.3, 0.4) is 0 Å². The lowest BCUT2D eigenvalue weighted by Gasteiger charge is -2.06. The maximum atomic E-state index is 11.6. The van der Waals surface area contributed by atoms with Gasteiger partial charge in [0.2, 0.25) is 0 Å². The first-order chi connectivity index (χ1) is 10.2. The van der Waals surface area contributed by atoms with Gasteiger partial charge in [0.1, 0.15) is 11.5 Å². The van der Waals surface area contributed by atoms with E-state index in [1.165, 1.54) is 0 Å². The Labute approximate surface area is 127 Å². The molecule has 5 nitrogen and oxygen atoms in total. The number of nitrogens with zero attached hydrogens (tertiary/aromatic N) is 1. The third-order valence-corrected chi connectivity index (χ3v) is 3.63. The number of hydrogen-bond donors (Lipinski definition) is 1. The van der Waals surface area contributed by atoms with Crippen molar-refractivity contribution in [3.8, 4) is 11.5 Å². The van der Waals surface area contributed by atoms with E-state index in [4.69, 9.17) is 9.47 Å². The lowest BCUT2D eigenvalue weighted by atomic mass is 10.3. The highest BCUT2D eigenvalue weighted by Crippen LogP contribution is 2.16. The summed E-state index contributed by atoms with van der Waals surface area (Å²) in [6, 6.07) is 10.9. The maximum absolute atomic E-state index is 11.6. The molecule has 0 radical (unpaired) electrons. The van der Waals surface area contributed by atoms with Crippen LogP contribution in [0, 0.1) is 0 Å². The van der Waals surface area contributed by atoms with Gasteiger partial charge in [-0.05, 0) is 42.6 Å². The second-order valence-corrected chi connectivity index (χ2v) is 5.12. The van der Waals surface area contributed by atoms with Gasteiger partial charge in [-0.2, -0.15) is 5.10 Å². The van der Waals surface area contributed by atoms with Crippen LogP contribution in [0.15, 0.2) is 46.9 Å². The molecule has 0 saturated carbocycles. The van der Waals surface area contributed by atoms with E-state index in [-0.39, 0.29) is 12.5 Å². The van der Waals surface area contributed by atoms with Crippen molar-refractivity contribution in [3.05, 3.63) is 46.7 Å². The average Bonchev–Trinajstić information content (AvgIpc) is 3.05. The highest BCUT2D eigenvalue weighted by atomic mass is 32.1. The predicted molar refractivity (Wildman–Crippen MR) is 83.2 cm³/mol. The van der Waals surface area contributed by atoms with Gasteiger partial charge in [-0.3, -0.25) is 4.79 Å². The minimum Gasteiger partial charge on any atom is -0.497 e. The van der Waals surface area contributed by atoms with Gasteiger partial charge in [0.25, 0.3) is 5.91 Å². The Morgan fingerprint density at radius 3 is 2.57 bits per heavy atom. The molecule has 6 heteroatoms. The zero-order valence-electron chi connectivity index (χ0n) is 11.8. The zero-order valence-corrected chi connectivity index (χ0v) is 12.6. The van der Waals surface area contributed by atoms with Crippen LogP contribution in [0.4, 0.5) is 0 Å². The lowest BCUT2D eigenvalue weighted by molar-refractivity contribution is -0.123. The number of rotatable bonds is 6. The fourth-order valence-corrected chi connectivity index (χ4v) is 2.22. The van der Waals surface area contributed by atoms with E-state index >= 15 is 0 Å². The number of amides is 1. The summed E-state index contributed by atoms with van der Waals surface area (Å²) in [4.78, 5) is 12.7. The van der Waals surface area contributed by atoms with Gasteiger partial charge in [0, 0.05) is 4.88 Å². The molecule has 21 heavy (non-hydrogen) atoms. The summed E-state index contributed by atoms with van der Waals surface area (Å²) in [6.07, 6.45) is 0. The van der Waals surface area contributed by atoms with Crippen LogP contribution in [-0.2, 0) is 4.79 Å². The molecule has 0 fully saturated rings. The summed E-state index contributed by atoms with van der Waals surface area (Å²) in [6.45, 7) is 1.75. The maximum Gasteiger partial charge on any atom is 0.277 e. The predicted octanol–water partition coefficient (Wildman–Crippen LogP) is 2.68. The van der Waals surface area contributed by atoms with Crippen molar-refractivity contribution in [2.24, 2.45) is 5.10 Å². The molecule has 0 unspecified atom stereocenters. The molecular formula is C15H16N2O3S. The van der Waals surface area contributed by atoms with Crippen LogP contribution >= 0.6 is 11.3 Å². The fourth-order valence-electron chi connectivity index (χ4n) is 1.54. The molecule has 0 aliphatic carbocycles. The highest BCUT2D eigenvalue weighted by Gasteiger charge is 2.03. The van der Waals surface area contributed by atoms with Crippen molar-refractivity contribution in [1.82, 2.24) is 5.43 Å². The minimum atomic E-state index is -0.304. The van der Waals surface area contributed by atoms with Gasteiger partial charge in [0.05, 0.1) is 12.8 Å². The second kappa shape index (κ2) is 7.44. The van der Waals surface area contributed by atoms with Crippen LogP contribution in [0.2, 0.25) is 0 Å². The monoisotopic (exact) mass is 304 g/mol. The standard InChI is InChI=1S/C15H16N2O3S/c1-11(14-4-3-9-21-14)16-17-15(18)10-20-13-7-5-12(19-2)6-8-13/h3-9H,10H2,1-2H3,(H,17,18)/b16-11+. The molecule has 0 aliphatic heterocycles. The quantitative estimate of drug-likeness (QED) is 0.659. The van der Waals surface area contributed by atoms with Gasteiger partial charge < -0.3 is 9.47 Å². The van der Waals surface area contributed by atoms with Crippen molar-refractivity contribution in [3.63, 3.8) is 0 Å². The van der Waals surface area contributed by atoms with Gasteiger partial charge in [-0.25, -0.2) is 5.43 Å². The zero-order chi connectivity index (χ0) is 15.1. The Hall–Kier alpha value is -2.34. The molecule has 1 heterocycles. The summed E-state index contributed by atoms with van der Waals surface area (Å²) >= 11 is 1.57. The minimum absolute atomic E-state index is 0.0897. The molecule has 110 valence electrons. The number of carbonyl (C=O) groups excluding carboxylic acids is 1. The number of benzene rings is 1.